The molecule has 0 heterocycles. The van der Waals surface area contributed by atoms with Crippen LogP contribution in [0.5, 0.6) is 0 Å². The molecule has 4 nitrogen and oxygen atoms in total. The molecule has 0 saturated carbocycles. The number of amides is 1. The van der Waals surface area contributed by atoms with Crippen LogP contribution in [0.3, 0.4) is 0 Å². The van der Waals surface area contributed by atoms with E-state index in [1.54, 1.807) is 24.3 Å². The van der Waals surface area contributed by atoms with Gasteiger partial charge in [-0.15, -0.1) is 0 Å². The quantitative estimate of drug-likeness (QED) is 0.502. The van der Waals surface area contributed by atoms with Crippen molar-refractivity contribution in [2.45, 2.75) is 0 Å². The predicted octanol–water partition coefficient (Wildman–Crippen LogP) is -0.320. The summed E-state index contributed by atoms with van der Waals surface area (Å²) in [7, 11) is 0. The summed E-state index contributed by atoms with van der Waals surface area (Å²) in [6, 6.07) is 8.76. The lowest BCUT2D eigenvalue weighted by Crippen LogP contribution is -2.09. The molecule has 12 heavy (non-hydrogen) atoms. The molecule has 1 rings (SSSR count). The predicted molar refractivity (Wildman–Crippen MR) is 46.2 cm³/mol. The Morgan fingerprint density at radius 3 is 2.00 bits per heavy atom. The van der Waals surface area contributed by atoms with Crippen molar-refractivity contribution < 1.29 is 9.90 Å². The van der Waals surface area contributed by atoms with Crippen molar-refractivity contribution in [3.63, 3.8) is 0 Å². The molecule has 0 bridgehead atoms. The molecule has 1 aromatic carbocycles. The van der Waals surface area contributed by atoms with Gasteiger partial charge in [-0.25, -0.2) is 0 Å². The Hall–Kier alpha value is -1.39. The van der Waals surface area contributed by atoms with E-state index in [0.717, 1.165) is 0 Å². The summed E-state index contributed by atoms with van der Waals surface area (Å²) >= 11 is 0. The van der Waals surface area contributed by atoms with Crippen LogP contribution in [-0.2, 0) is 0 Å². The molecule has 1 amide bonds. The highest BCUT2D eigenvalue weighted by Crippen LogP contribution is 1.94. The molecule has 0 aromatic heterocycles. The fourth-order valence-corrected chi connectivity index (χ4v) is 0.602. The summed E-state index contributed by atoms with van der Waals surface area (Å²) in [4.78, 5) is 10.4. The van der Waals surface area contributed by atoms with E-state index in [0.29, 0.717) is 5.56 Å². The summed E-state index contributed by atoms with van der Waals surface area (Å²) in [6.07, 6.45) is 0. The van der Waals surface area contributed by atoms with Crippen LogP contribution in [0.25, 0.3) is 0 Å². The minimum Gasteiger partial charge on any atom is -0.382 e. The number of benzene rings is 1. The molecule has 4 heteroatoms. The van der Waals surface area contributed by atoms with E-state index in [1.165, 1.54) is 0 Å². The molecule has 0 atom stereocenters. The van der Waals surface area contributed by atoms with Crippen molar-refractivity contribution in [1.82, 2.24) is 0 Å². The summed E-state index contributed by atoms with van der Waals surface area (Å²) < 4.78 is 0. The van der Waals surface area contributed by atoms with E-state index in [-0.39, 0.29) is 12.6 Å². The Morgan fingerprint density at radius 2 is 1.75 bits per heavy atom. The molecule has 0 fully saturated rings. The second kappa shape index (κ2) is 6.33. The maximum absolute atomic E-state index is 10.4. The summed E-state index contributed by atoms with van der Waals surface area (Å²) in [6.45, 7) is -0.250. The van der Waals surface area contributed by atoms with Crippen molar-refractivity contribution in [3.8, 4) is 0 Å². The van der Waals surface area contributed by atoms with Crippen LogP contribution >= 0.6 is 0 Å². The monoisotopic (exact) mass is 168 g/mol. The lowest BCUT2D eigenvalue weighted by Gasteiger charge is -1.89. The Morgan fingerprint density at radius 1 is 1.33 bits per heavy atom. The van der Waals surface area contributed by atoms with Crippen LogP contribution in [0.1, 0.15) is 10.4 Å². The zero-order valence-corrected chi connectivity index (χ0v) is 6.60. The molecule has 0 spiro atoms. The number of nitrogens with two attached hydrogens (primary N) is 2. The summed E-state index contributed by atoms with van der Waals surface area (Å²) in [5.74, 6) is -0.379. The fraction of sp³-hybridized carbons (Fsp3) is 0.125. The third kappa shape index (κ3) is 4.43. The number of aliphatic hydroxyl groups excluding tert-OH is 1. The first-order chi connectivity index (χ1) is 5.72. The molecule has 0 aliphatic heterocycles. The van der Waals surface area contributed by atoms with E-state index in [9.17, 15) is 4.79 Å². The lowest BCUT2D eigenvalue weighted by atomic mass is 10.2. The second-order valence-electron chi connectivity index (χ2n) is 1.91. The highest BCUT2D eigenvalue weighted by atomic mass is 16.3. The maximum atomic E-state index is 10.4. The number of hydrogen-bond donors (Lipinski definition) is 3. The Labute approximate surface area is 70.8 Å². The fourth-order valence-electron chi connectivity index (χ4n) is 0.602. The molecular weight excluding hydrogens is 156 g/mol. The van der Waals surface area contributed by atoms with Crippen LogP contribution < -0.4 is 11.5 Å². The Balaban J connectivity index is 0.000000354. The van der Waals surface area contributed by atoms with Crippen molar-refractivity contribution in [2.24, 2.45) is 11.5 Å². The number of hydrogen-bond acceptors (Lipinski definition) is 3. The van der Waals surface area contributed by atoms with E-state index in [1.807, 2.05) is 6.07 Å². The van der Waals surface area contributed by atoms with Gasteiger partial charge in [0.05, 0.1) is 6.73 Å². The zero-order chi connectivity index (χ0) is 9.40. The van der Waals surface area contributed by atoms with Crippen LogP contribution in [0, 0.1) is 0 Å². The molecule has 0 radical (unpaired) electrons. The molecule has 0 unspecified atom stereocenters. The van der Waals surface area contributed by atoms with Crippen molar-refractivity contribution in [3.05, 3.63) is 35.9 Å². The van der Waals surface area contributed by atoms with E-state index >= 15 is 0 Å². The van der Waals surface area contributed by atoms with E-state index < -0.39 is 0 Å². The number of rotatable bonds is 1. The van der Waals surface area contributed by atoms with Gasteiger partial charge in [-0.05, 0) is 12.1 Å². The molecule has 0 aliphatic rings. The lowest BCUT2D eigenvalue weighted by molar-refractivity contribution is 0.100. The average molecular weight is 168 g/mol. The standard InChI is InChI=1S/C7H7NO.CH5NO/c8-7(9)6-4-2-1-3-5-6;2-1-3/h1-5H,(H2,8,9);3H,1-2H2. The van der Waals surface area contributed by atoms with Gasteiger partial charge in [0, 0.05) is 5.56 Å². The Kier molecular flexibility index (Phi) is 5.60. The highest BCUT2D eigenvalue weighted by molar-refractivity contribution is 5.92. The van der Waals surface area contributed by atoms with Gasteiger partial charge in [-0.2, -0.15) is 0 Å². The molecule has 0 aliphatic carbocycles. The first-order valence-electron chi connectivity index (χ1n) is 3.38. The van der Waals surface area contributed by atoms with E-state index in [4.69, 9.17) is 10.8 Å². The topological polar surface area (TPSA) is 89.3 Å². The third-order valence-electron chi connectivity index (χ3n) is 1.06. The van der Waals surface area contributed by atoms with Gasteiger partial charge >= 0.3 is 0 Å². The first-order valence-corrected chi connectivity index (χ1v) is 3.38. The van der Waals surface area contributed by atoms with Gasteiger partial charge in [0.1, 0.15) is 0 Å². The summed E-state index contributed by atoms with van der Waals surface area (Å²) in [5.41, 5.74) is 9.93. The van der Waals surface area contributed by atoms with Crippen molar-refractivity contribution >= 4 is 5.91 Å². The number of primary amides is 1. The average Bonchev–Trinajstić information content (AvgIpc) is 2.07. The van der Waals surface area contributed by atoms with Crippen molar-refractivity contribution in [1.29, 1.82) is 0 Å². The van der Waals surface area contributed by atoms with Crippen LogP contribution in [0.4, 0.5) is 0 Å². The normalized spacial score (nSPS) is 8.17. The Bertz CT molecular complexity index is 224. The number of carbonyl (C=O) groups is 1. The largest absolute Gasteiger partial charge is 0.382 e. The minimum absolute atomic E-state index is 0.250. The number of aliphatic hydroxyl groups is 1. The van der Waals surface area contributed by atoms with Gasteiger partial charge in [-0.1, -0.05) is 18.2 Å². The van der Waals surface area contributed by atoms with Crippen molar-refractivity contribution in [2.75, 3.05) is 6.73 Å². The second-order valence-corrected chi connectivity index (χ2v) is 1.91. The molecular formula is C8H12N2O2. The van der Waals surface area contributed by atoms with Gasteiger partial charge in [0.25, 0.3) is 0 Å². The van der Waals surface area contributed by atoms with Gasteiger partial charge < -0.3 is 16.6 Å². The third-order valence-corrected chi connectivity index (χ3v) is 1.06. The van der Waals surface area contributed by atoms with Gasteiger partial charge in [0.2, 0.25) is 5.91 Å². The maximum Gasteiger partial charge on any atom is 0.248 e. The van der Waals surface area contributed by atoms with Gasteiger partial charge in [-0.3, -0.25) is 4.79 Å². The molecule has 0 saturated heterocycles. The highest BCUT2D eigenvalue weighted by Gasteiger charge is 1.93. The SMILES string of the molecule is NC(=O)c1ccccc1.NCO. The molecule has 66 valence electrons. The zero-order valence-electron chi connectivity index (χ0n) is 6.60. The summed E-state index contributed by atoms with van der Waals surface area (Å²) in [5, 5.41) is 7.35. The molecule has 1 aromatic rings. The van der Waals surface area contributed by atoms with Gasteiger partial charge in [0.15, 0.2) is 0 Å². The first kappa shape index (κ1) is 10.6. The van der Waals surface area contributed by atoms with Crippen LogP contribution in [0.15, 0.2) is 30.3 Å². The van der Waals surface area contributed by atoms with Crippen LogP contribution in [-0.4, -0.2) is 17.7 Å². The minimum atomic E-state index is -0.379. The van der Waals surface area contributed by atoms with Crippen LogP contribution in [0.2, 0.25) is 0 Å². The number of carbonyl (C=O) groups excluding carboxylic acids is 1. The smallest absolute Gasteiger partial charge is 0.248 e. The molecule has 5 N–H and O–H groups in total. The van der Waals surface area contributed by atoms with E-state index in [2.05, 4.69) is 5.73 Å².